The van der Waals surface area contributed by atoms with Crippen molar-refractivity contribution in [1.29, 1.82) is 0 Å². The van der Waals surface area contributed by atoms with Crippen LogP contribution in [0.5, 0.6) is 0 Å². The van der Waals surface area contributed by atoms with Crippen LogP contribution in [0.25, 0.3) is 5.65 Å². The third-order valence-corrected chi connectivity index (χ3v) is 3.93. The third-order valence-electron chi connectivity index (χ3n) is 3.93. The van der Waals surface area contributed by atoms with Gasteiger partial charge in [0.1, 0.15) is 12.2 Å². The number of rotatable bonds is 3. The van der Waals surface area contributed by atoms with E-state index in [4.69, 9.17) is 0 Å². The summed E-state index contributed by atoms with van der Waals surface area (Å²) in [5, 5.41) is 11.9. The molecule has 2 unspecified atom stereocenters. The zero-order chi connectivity index (χ0) is 12.4. The molecular formula is C13H19N5. The van der Waals surface area contributed by atoms with Crippen LogP contribution in [0.1, 0.15) is 25.6 Å². The Morgan fingerprint density at radius 3 is 3.28 bits per heavy atom. The average Bonchev–Trinajstić information content (AvgIpc) is 2.83. The van der Waals surface area contributed by atoms with Crippen molar-refractivity contribution in [3.05, 3.63) is 24.4 Å². The van der Waals surface area contributed by atoms with Crippen molar-refractivity contribution in [1.82, 2.24) is 24.9 Å². The van der Waals surface area contributed by atoms with Crippen molar-refractivity contribution in [3.63, 3.8) is 0 Å². The molecule has 1 saturated heterocycles. The largest absolute Gasteiger partial charge is 0.316 e. The quantitative estimate of drug-likeness (QED) is 0.885. The van der Waals surface area contributed by atoms with Crippen molar-refractivity contribution in [2.45, 2.75) is 26.2 Å². The highest BCUT2D eigenvalue weighted by Crippen LogP contribution is 2.22. The number of fused-ring (bicyclic) bond motifs is 1. The summed E-state index contributed by atoms with van der Waals surface area (Å²) in [7, 11) is 0. The molecule has 0 saturated carbocycles. The van der Waals surface area contributed by atoms with Crippen LogP contribution in [-0.4, -0.2) is 32.7 Å². The molecule has 2 atom stereocenters. The van der Waals surface area contributed by atoms with Gasteiger partial charge in [0.25, 0.3) is 0 Å². The van der Waals surface area contributed by atoms with E-state index in [0.717, 1.165) is 30.4 Å². The van der Waals surface area contributed by atoms with Gasteiger partial charge >= 0.3 is 0 Å². The van der Waals surface area contributed by atoms with Crippen LogP contribution in [0, 0.1) is 11.8 Å². The summed E-state index contributed by atoms with van der Waals surface area (Å²) in [6.45, 7) is 4.62. The highest BCUT2D eigenvalue weighted by Gasteiger charge is 2.21. The smallest absolute Gasteiger partial charge is 0.163 e. The molecular weight excluding hydrogens is 226 g/mol. The minimum Gasteiger partial charge on any atom is -0.316 e. The lowest BCUT2D eigenvalue weighted by Crippen LogP contribution is -2.34. The lowest BCUT2D eigenvalue weighted by molar-refractivity contribution is 0.275. The molecule has 5 heteroatoms. The van der Waals surface area contributed by atoms with E-state index in [1.807, 2.05) is 10.5 Å². The van der Waals surface area contributed by atoms with Gasteiger partial charge in [-0.05, 0) is 37.8 Å². The second-order valence-electron chi connectivity index (χ2n) is 5.21. The zero-order valence-electron chi connectivity index (χ0n) is 10.7. The summed E-state index contributed by atoms with van der Waals surface area (Å²) < 4.78 is 1.99. The fourth-order valence-electron chi connectivity index (χ4n) is 2.75. The lowest BCUT2D eigenvalue weighted by Gasteiger charge is -2.27. The average molecular weight is 245 g/mol. The number of hydrogen-bond acceptors (Lipinski definition) is 4. The molecule has 0 bridgehead atoms. The molecule has 2 aromatic heterocycles. The molecule has 2 aromatic rings. The van der Waals surface area contributed by atoms with Gasteiger partial charge < -0.3 is 5.32 Å². The minimum absolute atomic E-state index is 0.630. The maximum atomic E-state index is 4.28. The SMILES string of the molecule is CC(Cc1nnc2ccncn12)C1CCCNC1. The van der Waals surface area contributed by atoms with Crippen molar-refractivity contribution in [2.24, 2.45) is 11.8 Å². The van der Waals surface area contributed by atoms with Crippen molar-refractivity contribution < 1.29 is 0 Å². The maximum Gasteiger partial charge on any atom is 0.163 e. The van der Waals surface area contributed by atoms with E-state index in [1.165, 1.54) is 19.4 Å². The first-order valence-electron chi connectivity index (χ1n) is 6.69. The van der Waals surface area contributed by atoms with Gasteiger partial charge in [0, 0.05) is 18.7 Å². The molecule has 0 radical (unpaired) electrons. The number of aromatic nitrogens is 4. The van der Waals surface area contributed by atoms with E-state index in [0.29, 0.717) is 5.92 Å². The van der Waals surface area contributed by atoms with E-state index in [9.17, 15) is 0 Å². The highest BCUT2D eigenvalue weighted by atomic mass is 15.3. The Hall–Kier alpha value is -1.49. The van der Waals surface area contributed by atoms with Crippen LogP contribution >= 0.6 is 0 Å². The number of nitrogens with one attached hydrogen (secondary N) is 1. The highest BCUT2D eigenvalue weighted by molar-refractivity contribution is 5.35. The van der Waals surface area contributed by atoms with Crippen LogP contribution in [0.15, 0.2) is 18.6 Å². The van der Waals surface area contributed by atoms with E-state index in [1.54, 1.807) is 12.5 Å². The number of hydrogen-bond donors (Lipinski definition) is 1. The van der Waals surface area contributed by atoms with Gasteiger partial charge in [0.2, 0.25) is 0 Å². The molecule has 0 amide bonds. The second-order valence-corrected chi connectivity index (χ2v) is 5.21. The van der Waals surface area contributed by atoms with Gasteiger partial charge in [-0.1, -0.05) is 6.92 Å². The summed E-state index contributed by atoms with van der Waals surface area (Å²) in [5.41, 5.74) is 0.883. The Kier molecular flexibility index (Phi) is 3.23. The summed E-state index contributed by atoms with van der Waals surface area (Å²) in [4.78, 5) is 4.14. The van der Waals surface area contributed by atoms with E-state index >= 15 is 0 Å². The minimum atomic E-state index is 0.630. The Balaban J connectivity index is 1.75. The van der Waals surface area contributed by atoms with E-state index in [-0.39, 0.29) is 0 Å². The predicted octanol–water partition coefficient (Wildman–Crippen LogP) is 1.30. The molecule has 18 heavy (non-hydrogen) atoms. The fourth-order valence-corrected chi connectivity index (χ4v) is 2.75. The Bertz CT molecular complexity index is 515. The van der Waals surface area contributed by atoms with Crippen LogP contribution in [0.2, 0.25) is 0 Å². The van der Waals surface area contributed by atoms with Gasteiger partial charge in [-0.3, -0.25) is 4.40 Å². The normalized spacial score (nSPS) is 22.2. The molecule has 3 heterocycles. The first-order chi connectivity index (χ1) is 8.84. The van der Waals surface area contributed by atoms with Gasteiger partial charge in [-0.2, -0.15) is 0 Å². The van der Waals surface area contributed by atoms with Crippen molar-refractivity contribution in [2.75, 3.05) is 13.1 Å². The van der Waals surface area contributed by atoms with Gasteiger partial charge in [0.15, 0.2) is 5.65 Å². The zero-order valence-corrected chi connectivity index (χ0v) is 10.7. The molecule has 3 rings (SSSR count). The van der Waals surface area contributed by atoms with E-state index in [2.05, 4.69) is 27.4 Å². The fraction of sp³-hybridized carbons (Fsp3) is 0.615. The van der Waals surface area contributed by atoms with Crippen LogP contribution < -0.4 is 5.32 Å². The molecule has 0 aromatic carbocycles. The third kappa shape index (κ3) is 2.22. The molecule has 5 nitrogen and oxygen atoms in total. The molecule has 0 spiro atoms. The topological polar surface area (TPSA) is 55.1 Å². The lowest BCUT2D eigenvalue weighted by atomic mass is 9.85. The van der Waals surface area contributed by atoms with Gasteiger partial charge in [-0.15, -0.1) is 10.2 Å². The Morgan fingerprint density at radius 2 is 2.44 bits per heavy atom. The standard InChI is InChI=1S/C13H19N5/c1-10(11-3-2-5-14-8-11)7-13-17-16-12-4-6-15-9-18(12)13/h4,6,9-11,14H,2-3,5,7-8H2,1H3. The summed E-state index contributed by atoms with van der Waals surface area (Å²) in [5.74, 6) is 2.41. The molecule has 1 N–H and O–H groups in total. The van der Waals surface area contributed by atoms with Crippen molar-refractivity contribution >= 4 is 5.65 Å². The summed E-state index contributed by atoms with van der Waals surface area (Å²) >= 11 is 0. The van der Waals surface area contributed by atoms with Gasteiger partial charge in [-0.25, -0.2) is 4.98 Å². The predicted molar refractivity (Wildman–Crippen MR) is 69.2 cm³/mol. The number of nitrogens with zero attached hydrogens (tertiary/aromatic N) is 4. The molecule has 0 aliphatic carbocycles. The first kappa shape index (κ1) is 11.6. The molecule has 96 valence electrons. The number of piperidine rings is 1. The maximum absolute atomic E-state index is 4.28. The van der Waals surface area contributed by atoms with Crippen LogP contribution in [-0.2, 0) is 6.42 Å². The van der Waals surface area contributed by atoms with Crippen molar-refractivity contribution in [3.8, 4) is 0 Å². The monoisotopic (exact) mass is 245 g/mol. The van der Waals surface area contributed by atoms with Gasteiger partial charge in [0.05, 0.1) is 0 Å². The molecule has 1 aliphatic heterocycles. The first-order valence-corrected chi connectivity index (χ1v) is 6.69. The summed E-state index contributed by atoms with van der Waals surface area (Å²) in [6, 6.07) is 1.89. The Labute approximate surface area is 107 Å². The molecule has 1 fully saturated rings. The molecule has 1 aliphatic rings. The van der Waals surface area contributed by atoms with Crippen LogP contribution in [0.4, 0.5) is 0 Å². The summed E-state index contributed by atoms with van der Waals surface area (Å²) in [6.07, 6.45) is 7.14. The van der Waals surface area contributed by atoms with E-state index < -0.39 is 0 Å². The second kappa shape index (κ2) is 5.02. The Morgan fingerprint density at radius 1 is 1.50 bits per heavy atom. The van der Waals surface area contributed by atoms with Crippen LogP contribution in [0.3, 0.4) is 0 Å².